The number of hydrogen-bond donors (Lipinski definition) is 25. The van der Waals surface area contributed by atoms with Crippen molar-refractivity contribution in [3.63, 3.8) is 0 Å². The lowest BCUT2D eigenvalue weighted by atomic mass is 9.93. The molecule has 97 heavy (non-hydrogen) atoms. The van der Waals surface area contributed by atoms with Gasteiger partial charge in [0.05, 0.1) is 52.4 Å². The van der Waals surface area contributed by atoms with Crippen LogP contribution in [0.2, 0.25) is 0 Å². The number of hydrogen-bond acceptors (Lipinski definition) is 40. The molecule has 3 amide bonds. The topological polar surface area (TPSA) is 671 Å². The third-order valence-electron chi connectivity index (χ3n) is 17.8. The van der Waals surface area contributed by atoms with Crippen LogP contribution in [0.3, 0.4) is 0 Å². The molecule has 8 heterocycles. The minimum atomic E-state index is -2.39. The van der Waals surface area contributed by atoms with Crippen molar-refractivity contribution in [3.05, 3.63) is 0 Å². The third kappa shape index (κ3) is 17.6. The minimum absolute atomic E-state index is 0.790. The summed E-state index contributed by atoms with van der Waals surface area (Å²) in [4.78, 5) is 38.0. The molecule has 8 fully saturated rings. The van der Waals surface area contributed by atoms with Crippen LogP contribution in [0.1, 0.15) is 27.7 Å². The molecule has 25 N–H and O–H groups in total. The lowest BCUT2D eigenvalue weighted by Crippen LogP contribution is -2.70. The molecule has 8 rings (SSSR count). The minimum Gasteiger partial charge on any atom is -0.394 e. The predicted octanol–water partition coefficient (Wildman–Crippen LogP) is -17.0. The standard InChI is InChI=1S/C54H91N3O40/c1-12-26(66)34(74)38(78)50(85-12)83-11-22-44(31(71)23(47(82)86-22)55-13(2)63)93-48-24(56-14(3)64)32(72)43(20(9-62)90-48)95-53-41(81)45(96-52-40(80)36(76)28(68)17(6-59)88-52)30(70)21(92-53)10-84-54-46(37(77)29(69)18(7-60)89-54)97-49-25(57-15(4)65)33(73)42(19(8-61)91-49)94-51-39(79)35(75)27(67)16(5-58)87-51/h12,16-54,58-62,66-82H,5-11H2,1-4H3,(H,55,63)(H,56,64)(H,57,65)/t12-,16+,17+,18+,19+,20+,21+,22+,23+,24+,25+,26+,27-,28+,29+,30+,31+,32+,33+,34+,35-,36-,37-,38-,39+,40-,41-,42+,43+,44+,45-,46-,47-,48-,49-,50-,51-,52+,53-,54-/m0/s1. The van der Waals surface area contributed by atoms with Crippen LogP contribution in [0.15, 0.2) is 0 Å². The number of amides is 3. The predicted molar refractivity (Wildman–Crippen MR) is 298 cm³/mol. The molecule has 562 valence electrons. The maximum absolute atomic E-state index is 13.0. The Bertz CT molecular complexity index is 2490. The Hall–Kier alpha value is -3.07. The molecule has 0 spiro atoms. The van der Waals surface area contributed by atoms with E-state index in [1.807, 2.05) is 0 Å². The van der Waals surface area contributed by atoms with Gasteiger partial charge in [0.2, 0.25) is 17.7 Å². The van der Waals surface area contributed by atoms with Gasteiger partial charge in [0, 0.05) is 20.8 Å². The fourth-order valence-electron chi connectivity index (χ4n) is 12.4. The van der Waals surface area contributed by atoms with E-state index >= 15 is 0 Å². The molecule has 0 bridgehead atoms. The quantitative estimate of drug-likeness (QED) is 0.0427. The van der Waals surface area contributed by atoms with Gasteiger partial charge in [-0.25, -0.2) is 0 Å². The Balaban J connectivity index is 1.07. The van der Waals surface area contributed by atoms with E-state index < -0.39 is 309 Å². The second kappa shape index (κ2) is 34.5. The fraction of sp³-hybridized carbons (Fsp3) is 0.944. The summed E-state index contributed by atoms with van der Waals surface area (Å²) in [6, 6.07) is -5.42. The second-order valence-corrected chi connectivity index (χ2v) is 24.6. The van der Waals surface area contributed by atoms with E-state index in [9.17, 15) is 127 Å². The normalized spacial score (nSPS) is 49.9. The number of aliphatic hydroxyl groups is 22. The maximum atomic E-state index is 13.0. The van der Waals surface area contributed by atoms with Crippen LogP contribution in [0.4, 0.5) is 0 Å². The first-order valence-electron chi connectivity index (χ1n) is 31.0. The summed E-state index contributed by atoms with van der Waals surface area (Å²) in [6.45, 7) is -2.76. The van der Waals surface area contributed by atoms with Gasteiger partial charge in [-0.1, -0.05) is 0 Å². The average molecular weight is 1420 g/mol. The molecule has 8 aliphatic heterocycles. The zero-order valence-electron chi connectivity index (χ0n) is 52.2. The monoisotopic (exact) mass is 1420 g/mol. The first-order valence-corrected chi connectivity index (χ1v) is 31.0. The summed E-state index contributed by atoms with van der Waals surface area (Å²) in [5, 5.41) is 247. The van der Waals surface area contributed by atoms with Gasteiger partial charge in [0.15, 0.2) is 50.3 Å². The molecular weight excluding hydrogens is 1330 g/mol. The van der Waals surface area contributed by atoms with Gasteiger partial charge in [-0.15, -0.1) is 0 Å². The lowest BCUT2D eigenvalue weighted by molar-refractivity contribution is -0.389. The Kier molecular flexibility index (Phi) is 28.3. The van der Waals surface area contributed by atoms with Crippen LogP contribution < -0.4 is 16.0 Å². The summed E-state index contributed by atoms with van der Waals surface area (Å²) in [5.74, 6) is -2.60. The highest BCUT2D eigenvalue weighted by Gasteiger charge is 2.59. The maximum Gasteiger partial charge on any atom is 0.217 e. The summed E-state index contributed by atoms with van der Waals surface area (Å²) >= 11 is 0. The molecule has 0 aromatic rings. The summed E-state index contributed by atoms with van der Waals surface area (Å²) in [6.07, 6.45) is -72.4. The Morgan fingerprint density at radius 2 is 0.619 bits per heavy atom. The smallest absolute Gasteiger partial charge is 0.217 e. The van der Waals surface area contributed by atoms with Crippen molar-refractivity contribution >= 4 is 17.7 Å². The van der Waals surface area contributed by atoms with Gasteiger partial charge in [-0.2, -0.15) is 0 Å². The molecule has 0 aliphatic carbocycles. The number of rotatable bonds is 24. The Morgan fingerprint density at radius 1 is 0.289 bits per heavy atom. The van der Waals surface area contributed by atoms with Gasteiger partial charge in [0.1, 0.15) is 189 Å². The van der Waals surface area contributed by atoms with Crippen LogP contribution >= 0.6 is 0 Å². The second-order valence-electron chi connectivity index (χ2n) is 24.6. The lowest BCUT2D eigenvalue weighted by Gasteiger charge is -2.50. The van der Waals surface area contributed by atoms with Crippen molar-refractivity contribution in [3.8, 4) is 0 Å². The average Bonchev–Trinajstić information content (AvgIpc) is 0.777. The molecule has 40 atom stereocenters. The van der Waals surface area contributed by atoms with Crippen LogP contribution in [0.5, 0.6) is 0 Å². The van der Waals surface area contributed by atoms with Crippen molar-refractivity contribution in [2.45, 2.75) is 273 Å². The molecule has 0 aromatic heterocycles. The first kappa shape index (κ1) is 79.6. The van der Waals surface area contributed by atoms with E-state index in [1.54, 1.807) is 0 Å². The van der Waals surface area contributed by atoms with Crippen LogP contribution in [0.25, 0.3) is 0 Å². The van der Waals surface area contributed by atoms with E-state index in [0.29, 0.717) is 0 Å². The largest absolute Gasteiger partial charge is 0.394 e. The number of nitrogens with one attached hydrogen (secondary N) is 3. The molecule has 0 unspecified atom stereocenters. The Morgan fingerprint density at radius 3 is 1.08 bits per heavy atom. The highest BCUT2D eigenvalue weighted by Crippen LogP contribution is 2.38. The summed E-state index contributed by atoms with van der Waals surface area (Å²) in [5.41, 5.74) is 0. The van der Waals surface area contributed by atoms with Crippen LogP contribution in [-0.2, 0) is 85.4 Å². The van der Waals surface area contributed by atoms with Gasteiger partial charge < -0.3 is 199 Å². The first-order chi connectivity index (χ1) is 45.8. The fourth-order valence-corrected chi connectivity index (χ4v) is 12.4. The molecule has 43 heteroatoms. The van der Waals surface area contributed by atoms with Gasteiger partial charge >= 0.3 is 0 Å². The highest BCUT2D eigenvalue weighted by molar-refractivity contribution is 5.74. The summed E-state index contributed by atoms with van der Waals surface area (Å²) < 4.78 is 87.6. The number of carbonyl (C=O) groups excluding carboxylic acids is 3. The molecule has 0 aromatic carbocycles. The van der Waals surface area contributed by atoms with Gasteiger partial charge in [-0.05, 0) is 6.92 Å². The molecule has 8 saturated heterocycles. The van der Waals surface area contributed by atoms with Crippen molar-refractivity contribution < 1.29 is 198 Å². The van der Waals surface area contributed by atoms with Crippen molar-refractivity contribution in [2.24, 2.45) is 0 Å². The SMILES string of the molecule is CC(=O)N[C@@H]1[C@@H](O)[C@H](O[C@@H]2O[C@H](CO)[C@@H](O[C@@H]3O[C@H](CO[C@H]4O[C@H](CO)[C@@H](O)[C@H](O)[C@@H]4O[C@@H]4O[C@H](CO)[C@@H](O[C@@H]5O[C@H](CO)[C@H](O)[C@H](O)[C@H]5O)[C@H](O)[C@H]4NC(C)=O)[C@@H](O)[C@H](O[C@H]4O[C@H](CO)[C@@H](O)[C@H](O)[C@@H]4O)[C@@H]3O)[C@H](O)[C@H]2NC(C)=O)[C@@H](CO[C@H]2O[C@@H](C)[C@@H](O)[C@@H](O)[C@@H]2O)O[C@@H]1O. The van der Waals surface area contributed by atoms with Crippen molar-refractivity contribution in [2.75, 3.05) is 46.2 Å². The third-order valence-corrected chi connectivity index (χ3v) is 17.8. The number of carbonyl (C=O) groups is 3. The van der Waals surface area contributed by atoms with E-state index in [0.717, 1.165) is 20.8 Å². The van der Waals surface area contributed by atoms with E-state index in [-0.39, 0.29) is 0 Å². The molecule has 43 nitrogen and oxygen atoms in total. The van der Waals surface area contributed by atoms with Crippen molar-refractivity contribution in [1.82, 2.24) is 16.0 Å². The van der Waals surface area contributed by atoms with E-state index in [4.69, 9.17) is 71.1 Å². The molecular formula is C54H91N3O40. The van der Waals surface area contributed by atoms with E-state index in [1.165, 1.54) is 6.92 Å². The zero-order valence-corrected chi connectivity index (χ0v) is 52.2. The summed E-state index contributed by atoms with van der Waals surface area (Å²) in [7, 11) is 0. The van der Waals surface area contributed by atoms with Gasteiger partial charge in [0.25, 0.3) is 0 Å². The molecule has 0 saturated carbocycles. The number of ether oxygens (including phenoxy) is 15. The van der Waals surface area contributed by atoms with Crippen molar-refractivity contribution in [1.29, 1.82) is 0 Å². The zero-order chi connectivity index (χ0) is 71.5. The number of aliphatic hydroxyl groups excluding tert-OH is 22. The van der Waals surface area contributed by atoms with E-state index in [2.05, 4.69) is 16.0 Å². The highest BCUT2D eigenvalue weighted by atomic mass is 16.8. The van der Waals surface area contributed by atoms with Crippen LogP contribution in [-0.4, -0.2) is 422 Å². The molecule has 0 radical (unpaired) electrons. The van der Waals surface area contributed by atoms with Gasteiger partial charge in [-0.3, -0.25) is 14.4 Å². The van der Waals surface area contributed by atoms with Crippen LogP contribution in [0, 0.1) is 0 Å². The molecule has 8 aliphatic rings. The Labute approximate surface area is 549 Å².